The van der Waals surface area contributed by atoms with Crippen molar-refractivity contribution in [1.82, 2.24) is 4.98 Å². The van der Waals surface area contributed by atoms with Gasteiger partial charge < -0.3 is 5.32 Å². The highest BCUT2D eigenvalue weighted by Gasteiger charge is 1.95. The van der Waals surface area contributed by atoms with Gasteiger partial charge in [0.2, 0.25) is 5.91 Å². The summed E-state index contributed by atoms with van der Waals surface area (Å²) < 4.78 is 0. The van der Waals surface area contributed by atoms with Crippen LogP contribution in [0.4, 0.5) is 5.82 Å². The van der Waals surface area contributed by atoms with Gasteiger partial charge in [0.25, 0.3) is 0 Å². The summed E-state index contributed by atoms with van der Waals surface area (Å²) in [6.45, 7) is 0. The van der Waals surface area contributed by atoms with Gasteiger partial charge in [-0.25, -0.2) is 4.98 Å². The number of hydrogen-bond acceptors (Lipinski definition) is 2. The van der Waals surface area contributed by atoms with Gasteiger partial charge in [-0.1, -0.05) is 54.6 Å². The van der Waals surface area contributed by atoms with E-state index in [-0.39, 0.29) is 5.91 Å². The molecule has 3 nitrogen and oxygen atoms in total. The topological polar surface area (TPSA) is 42.0 Å². The predicted octanol–water partition coefficient (Wildman–Crippen LogP) is 3.29. The summed E-state index contributed by atoms with van der Waals surface area (Å²) in [5.74, 6) is 0.348. The zero-order valence-corrected chi connectivity index (χ0v) is 10.4. The molecule has 0 atom stereocenters. The number of benzene rings is 1. The van der Waals surface area contributed by atoms with Crippen molar-refractivity contribution >= 4 is 17.8 Å². The van der Waals surface area contributed by atoms with E-state index in [9.17, 15) is 4.79 Å². The molecule has 2 rings (SSSR count). The first-order chi connectivity index (χ1) is 9.34. The van der Waals surface area contributed by atoms with Crippen LogP contribution < -0.4 is 5.32 Å². The maximum atomic E-state index is 11.6. The highest BCUT2D eigenvalue weighted by atomic mass is 16.1. The fourth-order valence-electron chi connectivity index (χ4n) is 1.48. The van der Waals surface area contributed by atoms with E-state index >= 15 is 0 Å². The van der Waals surface area contributed by atoms with E-state index in [2.05, 4.69) is 10.3 Å². The number of pyridine rings is 1. The molecule has 1 N–H and O–H groups in total. The highest BCUT2D eigenvalue weighted by Crippen LogP contribution is 2.02. The number of aromatic nitrogens is 1. The second-order valence-electron chi connectivity index (χ2n) is 3.83. The molecule has 0 radical (unpaired) electrons. The van der Waals surface area contributed by atoms with E-state index in [1.165, 1.54) is 6.08 Å². The van der Waals surface area contributed by atoms with E-state index in [1.54, 1.807) is 24.4 Å². The quantitative estimate of drug-likeness (QED) is 0.668. The fourth-order valence-corrected chi connectivity index (χ4v) is 1.48. The zero-order valence-electron chi connectivity index (χ0n) is 10.4. The Morgan fingerprint density at radius 2 is 1.79 bits per heavy atom. The number of carbonyl (C=O) groups excluding carboxylic acids is 1. The molecule has 0 aliphatic rings. The number of carbonyl (C=O) groups is 1. The summed E-state index contributed by atoms with van der Waals surface area (Å²) in [5, 5.41) is 2.67. The summed E-state index contributed by atoms with van der Waals surface area (Å²) in [6.07, 6.45) is 8.56. The van der Waals surface area contributed by atoms with E-state index in [0.29, 0.717) is 5.82 Å². The van der Waals surface area contributed by atoms with Crippen molar-refractivity contribution < 1.29 is 4.79 Å². The SMILES string of the molecule is O=C(/C=C/C=C/c1ccccc1)Nc1ccccn1. The van der Waals surface area contributed by atoms with Crippen LogP contribution in [0.2, 0.25) is 0 Å². The fraction of sp³-hybridized carbons (Fsp3) is 0. The summed E-state index contributed by atoms with van der Waals surface area (Å²) in [4.78, 5) is 15.6. The van der Waals surface area contributed by atoms with Crippen molar-refractivity contribution in [1.29, 1.82) is 0 Å². The third-order valence-electron chi connectivity index (χ3n) is 2.36. The molecule has 94 valence electrons. The summed E-state index contributed by atoms with van der Waals surface area (Å²) >= 11 is 0. The largest absolute Gasteiger partial charge is 0.307 e. The van der Waals surface area contributed by atoms with Gasteiger partial charge in [0.1, 0.15) is 5.82 Å². The zero-order chi connectivity index (χ0) is 13.3. The number of amides is 1. The number of hydrogen-bond donors (Lipinski definition) is 1. The highest BCUT2D eigenvalue weighted by molar-refractivity contribution is 5.98. The van der Waals surface area contributed by atoms with Crippen molar-refractivity contribution in [3.05, 3.63) is 78.5 Å². The van der Waals surface area contributed by atoms with Crippen LogP contribution in [0, 0.1) is 0 Å². The number of allylic oxidation sites excluding steroid dienone is 2. The lowest BCUT2D eigenvalue weighted by Crippen LogP contribution is -2.08. The monoisotopic (exact) mass is 250 g/mol. The average Bonchev–Trinajstić information content (AvgIpc) is 2.46. The molecule has 0 spiro atoms. The summed E-state index contributed by atoms with van der Waals surface area (Å²) in [5.41, 5.74) is 1.09. The third kappa shape index (κ3) is 4.60. The van der Waals surface area contributed by atoms with Crippen LogP contribution in [0.3, 0.4) is 0 Å². The van der Waals surface area contributed by atoms with Crippen molar-refractivity contribution in [2.45, 2.75) is 0 Å². The van der Waals surface area contributed by atoms with Crippen LogP contribution in [0.5, 0.6) is 0 Å². The van der Waals surface area contributed by atoms with Gasteiger partial charge in [0.05, 0.1) is 0 Å². The van der Waals surface area contributed by atoms with E-state index in [0.717, 1.165) is 5.56 Å². The lowest BCUT2D eigenvalue weighted by Gasteiger charge is -1.98. The maximum Gasteiger partial charge on any atom is 0.249 e. The van der Waals surface area contributed by atoms with Gasteiger partial charge in [0.15, 0.2) is 0 Å². The number of rotatable bonds is 4. The number of nitrogens with one attached hydrogen (secondary N) is 1. The Balaban J connectivity index is 1.86. The molecular formula is C16H14N2O. The molecule has 3 heteroatoms. The van der Waals surface area contributed by atoms with Crippen LogP contribution in [0.25, 0.3) is 6.08 Å². The Hall–Kier alpha value is -2.68. The Bertz CT molecular complexity index is 574. The van der Waals surface area contributed by atoms with Crippen LogP contribution >= 0.6 is 0 Å². The molecule has 0 aliphatic heterocycles. The molecular weight excluding hydrogens is 236 g/mol. The van der Waals surface area contributed by atoms with E-state index < -0.39 is 0 Å². The van der Waals surface area contributed by atoms with Gasteiger partial charge in [-0.3, -0.25) is 4.79 Å². The van der Waals surface area contributed by atoms with E-state index in [1.807, 2.05) is 48.6 Å². The molecule has 1 amide bonds. The smallest absolute Gasteiger partial charge is 0.249 e. The van der Waals surface area contributed by atoms with Crippen LogP contribution in [0.15, 0.2) is 73.0 Å². The molecule has 19 heavy (non-hydrogen) atoms. The second-order valence-corrected chi connectivity index (χ2v) is 3.83. The minimum absolute atomic E-state index is 0.198. The Morgan fingerprint density at radius 3 is 2.53 bits per heavy atom. The first kappa shape index (κ1) is 12.8. The maximum absolute atomic E-state index is 11.6. The summed E-state index contributed by atoms with van der Waals surface area (Å²) in [7, 11) is 0. The van der Waals surface area contributed by atoms with Crippen LogP contribution in [-0.4, -0.2) is 10.9 Å². The normalized spacial score (nSPS) is 10.9. The van der Waals surface area contributed by atoms with Gasteiger partial charge in [-0.15, -0.1) is 0 Å². The lowest BCUT2D eigenvalue weighted by atomic mass is 10.2. The molecule has 1 heterocycles. The number of anilines is 1. The third-order valence-corrected chi connectivity index (χ3v) is 2.36. The van der Waals surface area contributed by atoms with Gasteiger partial charge in [-0.2, -0.15) is 0 Å². The molecule has 0 fully saturated rings. The standard InChI is InChI=1S/C16H14N2O/c19-16(18-15-11-6-7-13-17-15)12-5-4-10-14-8-2-1-3-9-14/h1-13H,(H,17,18,19)/b10-4+,12-5+. The van der Waals surface area contributed by atoms with Crippen molar-refractivity contribution in [3.8, 4) is 0 Å². The van der Waals surface area contributed by atoms with Crippen molar-refractivity contribution in [2.24, 2.45) is 0 Å². The first-order valence-electron chi connectivity index (χ1n) is 5.96. The van der Waals surface area contributed by atoms with Gasteiger partial charge in [0, 0.05) is 12.3 Å². The Kier molecular flexibility index (Phi) is 4.64. The second kappa shape index (κ2) is 6.91. The molecule has 0 aliphatic carbocycles. The molecule has 0 saturated carbocycles. The lowest BCUT2D eigenvalue weighted by molar-refractivity contribution is -0.111. The van der Waals surface area contributed by atoms with Crippen molar-refractivity contribution in [3.63, 3.8) is 0 Å². The van der Waals surface area contributed by atoms with Crippen LogP contribution in [0.1, 0.15) is 5.56 Å². The Morgan fingerprint density at radius 1 is 1.00 bits per heavy atom. The molecule has 0 saturated heterocycles. The Labute approximate surface area is 112 Å². The average molecular weight is 250 g/mol. The number of nitrogens with zero attached hydrogens (tertiary/aromatic N) is 1. The molecule has 1 aromatic carbocycles. The predicted molar refractivity (Wildman–Crippen MR) is 77.5 cm³/mol. The van der Waals surface area contributed by atoms with Gasteiger partial charge in [-0.05, 0) is 17.7 Å². The first-order valence-corrected chi connectivity index (χ1v) is 5.96. The molecule has 1 aromatic heterocycles. The molecule has 0 bridgehead atoms. The van der Waals surface area contributed by atoms with Crippen LogP contribution in [-0.2, 0) is 4.79 Å². The minimum Gasteiger partial charge on any atom is -0.307 e. The van der Waals surface area contributed by atoms with Crippen molar-refractivity contribution in [2.75, 3.05) is 5.32 Å². The molecule has 2 aromatic rings. The minimum atomic E-state index is -0.198. The summed E-state index contributed by atoms with van der Waals surface area (Å²) in [6, 6.07) is 15.3. The van der Waals surface area contributed by atoms with E-state index in [4.69, 9.17) is 0 Å². The molecule has 0 unspecified atom stereocenters. The van der Waals surface area contributed by atoms with Gasteiger partial charge >= 0.3 is 0 Å².